The van der Waals surface area contributed by atoms with Crippen LogP contribution in [0.25, 0.3) is 0 Å². The summed E-state index contributed by atoms with van der Waals surface area (Å²) in [6.07, 6.45) is 0. The van der Waals surface area contributed by atoms with Crippen molar-refractivity contribution >= 4 is 123 Å². The molecule has 20 heavy (non-hydrogen) atoms. The highest BCUT2D eigenvalue weighted by Crippen LogP contribution is 2.54. The molecule has 0 atom stereocenters. The Morgan fingerprint density at radius 2 is 0.750 bits per heavy atom. The monoisotopic (exact) mass is 527 g/mol. The van der Waals surface area contributed by atoms with Gasteiger partial charge in [0.25, 0.3) is 6.79 Å². The van der Waals surface area contributed by atoms with E-state index in [1.807, 2.05) is 32.3 Å². The van der Waals surface area contributed by atoms with E-state index in [0.29, 0.717) is 0 Å². The predicted octanol–water partition coefficient (Wildman–Crippen LogP) is 6.25. The lowest BCUT2D eigenvalue weighted by atomic mass is 10.3. The van der Waals surface area contributed by atoms with Gasteiger partial charge in [-0.05, 0) is 12.1 Å². The maximum Gasteiger partial charge on any atom is 0.344 e. The van der Waals surface area contributed by atoms with E-state index in [2.05, 4.69) is 0 Å². The molecule has 0 spiro atoms. The van der Waals surface area contributed by atoms with E-state index in [1.54, 1.807) is 0 Å². The Balaban J connectivity index is 6.60. The maximum absolute atomic E-state index is 6.36. The molecule has 0 aromatic rings. The lowest BCUT2D eigenvalue weighted by Crippen LogP contribution is -2.86. The molecule has 0 N–H and O–H groups in total. The van der Waals surface area contributed by atoms with Crippen molar-refractivity contribution in [3.63, 3.8) is 0 Å². The molecule has 0 rings (SSSR count). The second-order valence-electron chi connectivity index (χ2n) is 4.80. The fourth-order valence-corrected chi connectivity index (χ4v) is 137. The zero-order valence-electron chi connectivity index (χ0n) is 11.0. The van der Waals surface area contributed by atoms with E-state index in [4.69, 9.17) is 99.7 Å². The molecule has 0 aliphatic carbocycles. The molecule has 0 radical (unpaired) electrons. The van der Waals surface area contributed by atoms with Crippen LogP contribution in [0.4, 0.5) is 0 Å². The fourth-order valence-electron chi connectivity index (χ4n) is 2.29. The fraction of sp³-hybridized carbons (Fsp3) is 1.00. The van der Waals surface area contributed by atoms with Gasteiger partial charge >= 0.3 is 16.6 Å². The summed E-state index contributed by atoms with van der Waals surface area (Å²) >= 11 is 57.2. The summed E-state index contributed by atoms with van der Waals surface area (Å²) in [6, 6.07) is -0.118. The van der Waals surface area contributed by atoms with Crippen molar-refractivity contribution in [3.05, 3.63) is 0 Å². The van der Waals surface area contributed by atoms with Crippen molar-refractivity contribution in [2.24, 2.45) is 0 Å². The highest BCUT2D eigenvalue weighted by molar-refractivity contribution is 8.28. The van der Waals surface area contributed by atoms with Crippen molar-refractivity contribution in [2.75, 3.05) is 0 Å². The lowest BCUT2D eigenvalue weighted by molar-refractivity contribution is 0.310. The molecule has 0 fully saturated rings. The van der Waals surface area contributed by atoms with Crippen LogP contribution in [0, 0.1) is 0 Å². The molecule has 122 valence electrons. The molecule has 0 heterocycles. The average molecular weight is 532 g/mol. The van der Waals surface area contributed by atoms with E-state index in [-0.39, 0.29) is 12.1 Å². The third-order valence-corrected chi connectivity index (χ3v) is 84.8. The van der Waals surface area contributed by atoms with Gasteiger partial charge in [0.2, 0.25) is 0 Å². The molecule has 14 heteroatoms. The highest BCUT2D eigenvalue weighted by Gasteiger charge is 2.81. The zero-order valence-corrected chi connectivity index (χ0v) is 21.8. The molecule has 0 amide bonds. The number of hydrogen-bond acceptors (Lipinski definition) is 1. The second-order valence-corrected chi connectivity index (χ2v) is 56.6. The summed E-state index contributed by atoms with van der Waals surface area (Å²) in [5.41, 5.74) is -10.7. The first-order chi connectivity index (χ1) is 8.51. The lowest BCUT2D eigenvalue weighted by Gasteiger charge is -2.53. The molecule has 0 aliphatic rings. The van der Waals surface area contributed by atoms with Crippen LogP contribution >= 0.6 is 99.7 Å². The van der Waals surface area contributed by atoms with E-state index in [1.165, 1.54) is 0 Å². The van der Waals surface area contributed by atoms with E-state index < -0.39 is 23.4 Å². The molecule has 0 aromatic heterocycles. The van der Waals surface area contributed by atoms with Crippen LogP contribution in [0.5, 0.6) is 0 Å². The molecule has 0 saturated heterocycles. The van der Waals surface area contributed by atoms with E-state index >= 15 is 0 Å². The van der Waals surface area contributed by atoms with Gasteiger partial charge in [0, 0.05) is 0 Å². The highest BCUT2D eigenvalue weighted by atomic mass is 35.9. The summed E-state index contributed by atoms with van der Waals surface area (Å²) in [5.74, 6) is 0. The third kappa shape index (κ3) is 4.53. The van der Waals surface area contributed by atoms with Gasteiger partial charge in [-0.15, -0.1) is 99.7 Å². The quantitative estimate of drug-likeness (QED) is 0.289. The topological polar surface area (TPSA) is 3.24 Å². The van der Waals surface area contributed by atoms with Gasteiger partial charge in [0.15, 0.2) is 0 Å². The first-order valence-electron chi connectivity index (χ1n) is 5.50. The zero-order chi connectivity index (χ0) is 16.7. The van der Waals surface area contributed by atoms with Crippen LogP contribution in [0.1, 0.15) is 27.7 Å². The van der Waals surface area contributed by atoms with Crippen LogP contribution in [0.3, 0.4) is 0 Å². The van der Waals surface area contributed by atoms with E-state index in [9.17, 15) is 0 Å². The van der Waals surface area contributed by atoms with Gasteiger partial charge in [-0.2, -0.15) is 0 Å². The minimum absolute atomic E-state index is 0.0592. The molecular weight excluding hydrogens is 517 g/mol. The summed E-state index contributed by atoms with van der Waals surface area (Å²) < 4.78 is 1.91. The molecule has 0 saturated carbocycles. The van der Waals surface area contributed by atoms with Gasteiger partial charge in [-0.1, -0.05) is 27.7 Å². The minimum atomic E-state index is -3.58. The standard InChI is InChI=1S/C6H14Cl9NSi4/c1-5(2)16(6(3)4)20(17(7,8)9,18(10,11)12)19(13,14)15/h5-6H,1-4H3. The Labute approximate surface area is 165 Å². The van der Waals surface area contributed by atoms with Crippen molar-refractivity contribution < 1.29 is 0 Å². The first kappa shape index (κ1) is 23.4. The Morgan fingerprint density at radius 3 is 0.800 bits per heavy atom. The number of rotatable bonds is 6. The summed E-state index contributed by atoms with van der Waals surface area (Å²) in [6.45, 7) is 4.16. The van der Waals surface area contributed by atoms with Gasteiger partial charge in [0.1, 0.15) is 0 Å². The predicted molar refractivity (Wildman–Crippen MR) is 108 cm³/mol. The molecule has 0 unspecified atom stereocenters. The largest absolute Gasteiger partial charge is 0.344 e. The third-order valence-electron chi connectivity index (χ3n) is 2.73. The SMILES string of the molecule is CC(C)N(C(C)C)[Si]([Si](Cl)(Cl)Cl)([Si](Cl)(Cl)Cl)[Si](Cl)(Cl)Cl. The van der Waals surface area contributed by atoms with Crippen molar-refractivity contribution in [1.82, 2.24) is 4.57 Å². The van der Waals surface area contributed by atoms with Gasteiger partial charge in [-0.3, -0.25) is 0 Å². The normalized spacial score (nSPS) is 15.6. The van der Waals surface area contributed by atoms with Crippen LogP contribution in [0.15, 0.2) is 0 Å². The van der Waals surface area contributed by atoms with Crippen LogP contribution in [0.2, 0.25) is 0 Å². The summed E-state index contributed by atoms with van der Waals surface area (Å²) in [5, 5.41) is 0. The van der Waals surface area contributed by atoms with Crippen LogP contribution < -0.4 is 0 Å². The van der Waals surface area contributed by atoms with Gasteiger partial charge < -0.3 is 4.57 Å². The van der Waals surface area contributed by atoms with Crippen molar-refractivity contribution in [1.29, 1.82) is 0 Å². The molecule has 0 bridgehead atoms. The molecule has 0 aromatic carbocycles. The van der Waals surface area contributed by atoms with Gasteiger partial charge in [-0.25, -0.2) is 0 Å². The smallest absolute Gasteiger partial charge is 0.316 e. The van der Waals surface area contributed by atoms with Crippen molar-refractivity contribution in [3.8, 4) is 0 Å². The second kappa shape index (κ2) is 7.77. The molecular formula is C6H14Cl9NSi4. The molecule has 1 nitrogen and oxygen atoms in total. The average Bonchev–Trinajstić information content (AvgIpc) is 2.04. The summed E-state index contributed by atoms with van der Waals surface area (Å²) in [4.78, 5) is 0. The van der Waals surface area contributed by atoms with Crippen molar-refractivity contribution in [2.45, 2.75) is 39.8 Å². The maximum atomic E-state index is 6.36. The number of halogens is 9. The van der Waals surface area contributed by atoms with Gasteiger partial charge in [0.05, 0.1) is 0 Å². The number of hydrogen-bond donors (Lipinski definition) is 0. The Hall–Kier alpha value is 3.44. The van der Waals surface area contributed by atoms with Crippen LogP contribution in [-0.2, 0) is 0 Å². The Kier molecular flexibility index (Phi) is 9.10. The number of nitrogens with zero attached hydrogens (tertiary/aromatic N) is 1. The Bertz CT molecular complexity index is 289. The first-order valence-corrected chi connectivity index (χ1v) is 25.6. The van der Waals surface area contributed by atoms with E-state index in [0.717, 1.165) is 0 Å². The van der Waals surface area contributed by atoms with Crippen LogP contribution in [-0.4, -0.2) is 40.0 Å². The minimum Gasteiger partial charge on any atom is -0.316 e. The molecule has 0 aliphatic heterocycles. The summed E-state index contributed by atoms with van der Waals surface area (Å²) in [7, 11) is 0. The Morgan fingerprint density at radius 1 is 0.550 bits per heavy atom.